The summed E-state index contributed by atoms with van der Waals surface area (Å²) in [5.41, 5.74) is 1.07. The van der Waals surface area contributed by atoms with Crippen LogP contribution in [0.3, 0.4) is 0 Å². The first-order chi connectivity index (χ1) is 16.6. The van der Waals surface area contributed by atoms with E-state index in [2.05, 4.69) is 14.7 Å². The summed E-state index contributed by atoms with van der Waals surface area (Å²) in [5.74, 6) is -1.05. The van der Waals surface area contributed by atoms with Crippen LogP contribution < -0.4 is 9.46 Å². The molecule has 0 spiro atoms. The third-order valence-electron chi connectivity index (χ3n) is 4.76. The zero-order valence-corrected chi connectivity index (χ0v) is 21.5. The van der Waals surface area contributed by atoms with Crippen molar-refractivity contribution >= 4 is 50.2 Å². The number of fused-ring (bicyclic) bond motifs is 1. The van der Waals surface area contributed by atoms with Crippen molar-refractivity contribution in [2.75, 3.05) is 11.8 Å². The summed E-state index contributed by atoms with van der Waals surface area (Å²) >= 11 is 12.3. The van der Waals surface area contributed by atoms with E-state index in [4.69, 9.17) is 27.9 Å². The van der Waals surface area contributed by atoms with Gasteiger partial charge in [0.25, 0.3) is 10.0 Å². The fraction of sp³-hybridized carbons (Fsp3) is 0.174. The number of nitrogens with one attached hydrogen (secondary N) is 1. The molecule has 184 valence electrons. The van der Waals surface area contributed by atoms with Crippen LogP contribution in [0.4, 0.5) is 10.1 Å². The smallest absolute Gasteiger partial charge is 0.267 e. The Morgan fingerprint density at radius 3 is 2.51 bits per heavy atom. The van der Waals surface area contributed by atoms with Gasteiger partial charge in [-0.05, 0) is 24.3 Å². The normalized spacial score (nSPS) is 11.1. The second kappa shape index (κ2) is 10.6. The number of ether oxygens (including phenoxy) is 1. The summed E-state index contributed by atoms with van der Waals surface area (Å²) < 4.78 is 49.6. The molecule has 0 fully saturated rings. The van der Waals surface area contributed by atoms with Gasteiger partial charge in [0, 0.05) is 30.4 Å². The molecule has 0 bridgehead atoms. The minimum atomic E-state index is -4.24. The van der Waals surface area contributed by atoms with Crippen molar-refractivity contribution in [3.63, 3.8) is 0 Å². The molecule has 0 saturated heterocycles. The van der Waals surface area contributed by atoms with Gasteiger partial charge in [-0.1, -0.05) is 43.1 Å². The quantitative estimate of drug-likeness (QED) is 0.307. The molecule has 12 heteroatoms. The molecule has 1 aromatic carbocycles. The Kier molecular flexibility index (Phi) is 7.99. The monoisotopic (exact) mass is 538 g/mol. The van der Waals surface area contributed by atoms with Crippen LogP contribution in [0, 0.1) is 5.82 Å². The van der Waals surface area contributed by atoms with E-state index in [0.717, 1.165) is 6.07 Å². The van der Waals surface area contributed by atoms with E-state index in [0.29, 0.717) is 11.1 Å². The molecule has 0 radical (unpaired) electrons. The van der Waals surface area contributed by atoms with Crippen LogP contribution in [-0.2, 0) is 10.0 Å². The molecule has 35 heavy (non-hydrogen) atoms. The number of aromatic nitrogens is 3. The Morgan fingerprint density at radius 2 is 1.86 bits per heavy atom. The van der Waals surface area contributed by atoms with Crippen molar-refractivity contribution in [1.29, 1.82) is 0 Å². The van der Waals surface area contributed by atoms with E-state index in [-0.39, 0.29) is 43.5 Å². The number of halogens is 3. The maximum absolute atomic E-state index is 14.8. The molecule has 0 aliphatic carbocycles. The van der Waals surface area contributed by atoms with E-state index in [1.54, 1.807) is 22.7 Å². The maximum Gasteiger partial charge on any atom is 0.267 e. The van der Waals surface area contributed by atoms with E-state index in [1.165, 1.54) is 38.7 Å². The van der Waals surface area contributed by atoms with Gasteiger partial charge in [-0.25, -0.2) is 22.8 Å². The van der Waals surface area contributed by atoms with Crippen molar-refractivity contribution in [1.82, 2.24) is 14.4 Å². The Bertz CT molecular complexity index is 1520. The molecule has 0 aliphatic rings. The molecular weight excluding hydrogens is 518 g/mol. The molecule has 4 aromatic rings. The second-order valence-corrected chi connectivity index (χ2v) is 9.38. The molecular formula is C23H21Cl2FN4O4S. The number of hydrogen-bond donors (Lipinski definition) is 1. The van der Waals surface area contributed by atoms with E-state index >= 15 is 0 Å². The molecule has 8 nitrogen and oxygen atoms in total. The SMILES string of the molecule is CC.COc1ncc(Cl)cc1S(=O)(=O)Nc1ccc(F)c(-c2ccc3c(C(C)=O)ncn3c2)c1Cl. The predicted octanol–water partition coefficient (Wildman–Crippen LogP) is 5.88. The summed E-state index contributed by atoms with van der Waals surface area (Å²) in [6, 6.07) is 6.64. The number of anilines is 1. The third-order valence-corrected chi connectivity index (χ3v) is 6.72. The van der Waals surface area contributed by atoms with Gasteiger partial charge in [-0.2, -0.15) is 0 Å². The van der Waals surface area contributed by atoms with Crippen molar-refractivity contribution in [2.45, 2.75) is 25.7 Å². The first-order valence-electron chi connectivity index (χ1n) is 10.3. The van der Waals surface area contributed by atoms with Gasteiger partial charge < -0.3 is 9.14 Å². The average molecular weight is 539 g/mol. The first-order valence-corrected chi connectivity index (χ1v) is 12.5. The van der Waals surface area contributed by atoms with Gasteiger partial charge in [-0.3, -0.25) is 9.52 Å². The highest BCUT2D eigenvalue weighted by Crippen LogP contribution is 2.38. The standard InChI is InChI=1S/C21H15Cl2FN4O4S.C2H6/c1-11(29)20-16-6-3-12(9-28(16)10-26-20)18-14(24)4-5-15(19(18)23)27-33(30,31)17-7-13(22)8-25-21(17)32-2;1-2/h3-10,27H,1-2H3;1-2H3. The number of Topliss-reactive ketones (excluding diaryl/α,β-unsaturated/α-hetero) is 1. The van der Waals surface area contributed by atoms with Crippen LogP contribution in [0.25, 0.3) is 16.6 Å². The molecule has 0 atom stereocenters. The summed E-state index contributed by atoms with van der Waals surface area (Å²) in [4.78, 5) is 19.3. The van der Waals surface area contributed by atoms with Crippen molar-refractivity contribution in [2.24, 2.45) is 0 Å². The van der Waals surface area contributed by atoms with E-state index in [9.17, 15) is 17.6 Å². The third kappa shape index (κ3) is 5.24. The molecule has 4 rings (SSSR count). The molecule has 0 aliphatic heterocycles. The molecule has 3 heterocycles. The van der Waals surface area contributed by atoms with Gasteiger partial charge in [0.2, 0.25) is 5.88 Å². The second-order valence-electron chi connectivity index (χ2n) is 6.91. The van der Waals surface area contributed by atoms with Crippen LogP contribution in [0.15, 0.2) is 53.9 Å². The number of pyridine rings is 2. The fourth-order valence-corrected chi connectivity index (χ4v) is 5.07. The molecule has 0 amide bonds. The molecule has 1 N–H and O–H groups in total. The minimum Gasteiger partial charge on any atom is -0.480 e. The van der Waals surface area contributed by atoms with Crippen LogP contribution in [0.1, 0.15) is 31.3 Å². The lowest BCUT2D eigenvalue weighted by Crippen LogP contribution is -2.15. The van der Waals surface area contributed by atoms with Crippen LogP contribution in [-0.4, -0.2) is 35.7 Å². The number of ketones is 1. The van der Waals surface area contributed by atoms with Gasteiger partial charge in [-0.15, -0.1) is 0 Å². The van der Waals surface area contributed by atoms with E-state index < -0.39 is 15.8 Å². The Morgan fingerprint density at radius 1 is 1.14 bits per heavy atom. The first kappa shape index (κ1) is 26.4. The highest BCUT2D eigenvalue weighted by atomic mass is 35.5. The van der Waals surface area contributed by atoms with Crippen LogP contribution in [0.2, 0.25) is 10.0 Å². The van der Waals surface area contributed by atoms with Crippen molar-refractivity contribution < 1.29 is 22.3 Å². The Balaban J connectivity index is 0.00000167. The molecule has 3 aromatic heterocycles. The minimum absolute atomic E-state index is 0.0342. The van der Waals surface area contributed by atoms with Crippen molar-refractivity contribution in [3.8, 4) is 17.0 Å². The highest BCUT2D eigenvalue weighted by molar-refractivity contribution is 7.92. The molecule has 0 unspecified atom stereocenters. The lowest BCUT2D eigenvalue weighted by molar-refractivity contribution is 0.101. The zero-order chi connectivity index (χ0) is 25.9. The Hall–Kier alpha value is -3.21. The number of hydrogen-bond acceptors (Lipinski definition) is 6. The van der Waals surface area contributed by atoms with E-state index in [1.807, 2.05) is 13.8 Å². The number of sulfonamides is 1. The van der Waals surface area contributed by atoms with Crippen LogP contribution in [0.5, 0.6) is 5.88 Å². The van der Waals surface area contributed by atoms with Gasteiger partial charge in [0.1, 0.15) is 17.8 Å². The van der Waals surface area contributed by atoms with Crippen molar-refractivity contribution in [3.05, 3.63) is 70.6 Å². The van der Waals surface area contributed by atoms with Gasteiger partial charge in [0.15, 0.2) is 10.7 Å². The fourth-order valence-electron chi connectivity index (χ4n) is 3.27. The number of nitrogens with zero attached hydrogens (tertiary/aromatic N) is 3. The lowest BCUT2D eigenvalue weighted by atomic mass is 10.1. The lowest BCUT2D eigenvalue weighted by Gasteiger charge is -2.15. The summed E-state index contributed by atoms with van der Waals surface area (Å²) in [6.45, 7) is 5.40. The average Bonchev–Trinajstić information content (AvgIpc) is 3.26. The number of imidazole rings is 1. The van der Waals surface area contributed by atoms with Gasteiger partial charge >= 0.3 is 0 Å². The number of benzene rings is 1. The van der Waals surface area contributed by atoms with Gasteiger partial charge in [0.05, 0.1) is 28.4 Å². The summed E-state index contributed by atoms with van der Waals surface area (Å²) in [5, 5.41) is -0.0839. The number of carbonyl (C=O) groups is 1. The topological polar surface area (TPSA) is 103 Å². The largest absolute Gasteiger partial charge is 0.480 e. The zero-order valence-electron chi connectivity index (χ0n) is 19.1. The summed E-state index contributed by atoms with van der Waals surface area (Å²) in [6.07, 6.45) is 4.21. The summed E-state index contributed by atoms with van der Waals surface area (Å²) in [7, 11) is -2.97. The number of carbonyl (C=O) groups excluding carboxylic acids is 1. The predicted molar refractivity (Wildman–Crippen MR) is 134 cm³/mol. The number of rotatable bonds is 6. The molecule has 0 saturated carbocycles. The number of methoxy groups -OCH3 is 1. The van der Waals surface area contributed by atoms with Crippen LogP contribution >= 0.6 is 23.2 Å². The highest BCUT2D eigenvalue weighted by Gasteiger charge is 2.24. The Labute approximate surface area is 211 Å². The maximum atomic E-state index is 14.8.